The van der Waals surface area contributed by atoms with Crippen LogP contribution in [0.4, 0.5) is 0 Å². The first-order chi connectivity index (χ1) is 11.1. The molecular weight excluding hydrogens is 312 g/mol. The highest BCUT2D eigenvalue weighted by Gasteiger charge is 2.30. The maximum atomic E-state index is 12.3. The molecular formula is C16H28N4O2S. The van der Waals surface area contributed by atoms with Gasteiger partial charge in [0, 0.05) is 25.6 Å². The number of aromatic amines is 1. The summed E-state index contributed by atoms with van der Waals surface area (Å²) in [6.07, 6.45) is 9.88. The Kier molecular flexibility index (Phi) is 5.38. The van der Waals surface area contributed by atoms with Crippen molar-refractivity contribution in [3.05, 3.63) is 12.0 Å². The number of nitrogens with one attached hydrogen (secondary N) is 2. The summed E-state index contributed by atoms with van der Waals surface area (Å²) >= 11 is 0. The second-order valence-electron chi connectivity index (χ2n) is 6.84. The molecule has 2 fully saturated rings. The third-order valence-corrected chi connectivity index (χ3v) is 6.53. The number of aromatic nitrogens is 2. The largest absolute Gasteiger partial charge is 0.332 e. The van der Waals surface area contributed by atoms with Crippen LogP contribution in [0.1, 0.15) is 51.3 Å². The predicted octanol–water partition coefficient (Wildman–Crippen LogP) is 1.90. The van der Waals surface area contributed by atoms with E-state index in [0.29, 0.717) is 24.7 Å². The van der Waals surface area contributed by atoms with Gasteiger partial charge in [0.2, 0.25) is 0 Å². The Morgan fingerprint density at radius 2 is 2.09 bits per heavy atom. The highest BCUT2D eigenvalue weighted by Crippen LogP contribution is 2.27. The highest BCUT2D eigenvalue weighted by molar-refractivity contribution is 7.89. The van der Waals surface area contributed by atoms with Crippen molar-refractivity contribution in [2.45, 2.75) is 62.9 Å². The second-order valence-corrected chi connectivity index (χ2v) is 8.58. The molecule has 0 bridgehead atoms. The molecule has 2 aliphatic rings. The first kappa shape index (κ1) is 16.9. The van der Waals surface area contributed by atoms with Gasteiger partial charge in [0.1, 0.15) is 5.82 Å². The number of likely N-dealkylation sites (tertiary alicyclic amines) is 1. The number of imidazole rings is 1. The lowest BCUT2D eigenvalue weighted by Crippen LogP contribution is -2.36. The van der Waals surface area contributed by atoms with Crippen molar-refractivity contribution in [3.8, 4) is 0 Å². The fourth-order valence-electron chi connectivity index (χ4n) is 3.77. The van der Waals surface area contributed by atoms with Crippen molar-refractivity contribution in [3.63, 3.8) is 0 Å². The first-order valence-electron chi connectivity index (χ1n) is 8.86. The normalized spacial score (nSPS) is 24.3. The van der Waals surface area contributed by atoms with Crippen LogP contribution in [0.25, 0.3) is 0 Å². The molecule has 3 rings (SSSR count). The van der Waals surface area contributed by atoms with E-state index in [4.69, 9.17) is 0 Å². The van der Waals surface area contributed by atoms with Crippen LogP contribution >= 0.6 is 0 Å². The van der Waals surface area contributed by atoms with E-state index >= 15 is 0 Å². The molecule has 0 radical (unpaired) electrons. The zero-order valence-corrected chi connectivity index (χ0v) is 14.7. The van der Waals surface area contributed by atoms with Crippen LogP contribution in [-0.2, 0) is 16.4 Å². The summed E-state index contributed by atoms with van der Waals surface area (Å²) in [6.45, 7) is 4.60. The van der Waals surface area contributed by atoms with Gasteiger partial charge < -0.3 is 9.88 Å². The molecule has 1 atom stereocenters. The van der Waals surface area contributed by atoms with Crippen LogP contribution in [0.2, 0.25) is 0 Å². The SMILES string of the molecule is CCc1ncc(S(=O)(=O)NC[C@H]2CCN(C3CCCCC3)C2)[nH]1. The third kappa shape index (κ3) is 4.14. The van der Waals surface area contributed by atoms with E-state index in [9.17, 15) is 8.42 Å². The molecule has 0 spiro atoms. The van der Waals surface area contributed by atoms with Crippen molar-refractivity contribution in [2.75, 3.05) is 19.6 Å². The molecule has 0 unspecified atom stereocenters. The molecule has 7 heteroatoms. The molecule has 1 aromatic heterocycles. The predicted molar refractivity (Wildman–Crippen MR) is 89.7 cm³/mol. The third-order valence-electron chi connectivity index (χ3n) is 5.20. The number of nitrogens with zero attached hydrogens (tertiary/aromatic N) is 2. The monoisotopic (exact) mass is 340 g/mol. The Morgan fingerprint density at radius 1 is 1.30 bits per heavy atom. The first-order valence-corrected chi connectivity index (χ1v) is 10.3. The van der Waals surface area contributed by atoms with E-state index in [0.717, 1.165) is 25.6 Å². The summed E-state index contributed by atoms with van der Waals surface area (Å²) in [5.41, 5.74) is 0. The topological polar surface area (TPSA) is 78.1 Å². The van der Waals surface area contributed by atoms with E-state index in [-0.39, 0.29) is 5.03 Å². The van der Waals surface area contributed by atoms with Crippen molar-refractivity contribution < 1.29 is 8.42 Å². The molecule has 0 amide bonds. The van der Waals surface area contributed by atoms with Gasteiger partial charge >= 0.3 is 0 Å². The van der Waals surface area contributed by atoms with Crippen LogP contribution in [0, 0.1) is 5.92 Å². The number of H-pyrrole nitrogens is 1. The fraction of sp³-hybridized carbons (Fsp3) is 0.812. The number of rotatable bonds is 6. The fourth-order valence-corrected chi connectivity index (χ4v) is 4.83. The molecule has 1 aromatic rings. The van der Waals surface area contributed by atoms with Gasteiger partial charge in [-0.3, -0.25) is 0 Å². The van der Waals surface area contributed by atoms with E-state index in [1.165, 1.54) is 38.3 Å². The minimum Gasteiger partial charge on any atom is -0.332 e. The van der Waals surface area contributed by atoms with Gasteiger partial charge in [-0.1, -0.05) is 26.2 Å². The van der Waals surface area contributed by atoms with E-state index < -0.39 is 10.0 Å². The standard InChI is InChI=1S/C16H28N4O2S/c1-2-15-17-11-16(19-15)23(21,22)18-10-13-8-9-20(12-13)14-6-4-3-5-7-14/h11,13-14,18H,2-10,12H2,1H3,(H,17,19)/t13-/m1/s1. The van der Waals surface area contributed by atoms with Crippen molar-refractivity contribution in [1.82, 2.24) is 19.6 Å². The molecule has 1 saturated heterocycles. The average molecular weight is 340 g/mol. The van der Waals surface area contributed by atoms with Gasteiger partial charge in [-0.15, -0.1) is 0 Å². The van der Waals surface area contributed by atoms with Crippen LogP contribution in [0.5, 0.6) is 0 Å². The zero-order chi connectivity index (χ0) is 16.3. The van der Waals surface area contributed by atoms with Gasteiger partial charge in [-0.25, -0.2) is 18.1 Å². The van der Waals surface area contributed by atoms with Crippen LogP contribution in [0.15, 0.2) is 11.2 Å². The Morgan fingerprint density at radius 3 is 2.78 bits per heavy atom. The smallest absolute Gasteiger partial charge is 0.257 e. The lowest BCUT2D eigenvalue weighted by molar-refractivity contribution is 0.185. The number of aryl methyl sites for hydroxylation is 1. The zero-order valence-electron chi connectivity index (χ0n) is 13.9. The van der Waals surface area contributed by atoms with Crippen LogP contribution in [-0.4, -0.2) is 49.0 Å². The average Bonchev–Trinajstić information content (AvgIpc) is 3.23. The lowest BCUT2D eigenvalue weighted by atomic mass is 9.94. The van der Waals surface area contributed by atoms with E-state index in [2.05, 4.69) is 19.6 Å². The summed E-state index contributed by atoms with van der Waals surface area (Å²) < 4.78 is 27.4. The van der Waals surface area contributed by atoms with Crippen LogP contribution in [0.3, 0.4) is 0 Å². The quantitative estimate of drug-likeness (QED) is 0.829. The van der Waals surface area contributed by atoms with E-state index in [1.807, 2.05) is 6.92 Å². The van der Waals surface area contributed by atoms with Gasteiger partial charge in [0.25, 0.3) is 10.0 Å². The molecule has 1 saturated carbocycles. The second kappa shape index (κ2) is 7.32. The summed E-state index contributed by atoms with van der Waals surface area (Å²) in [6, 6.07) is 0.727. The minimum absolute atomic E-state index is 0.177. The molecule has 2 N–H and O–H groups in total. The highest BCUT2D eigenvalue weighted by atomic mass is 32.2. The van der Waals surface area contributed by atoms with E-state index in [1.54, 1.807) is 0 Å². The van der Waals surface area contributed by atoms with Gasteiger partial charge in [-0.05, 0) is 31.7 Å². The molecule has 2 heterocycles. The number of hydrogen-bond donors (Lipinski definition) is 2. The Balaban J connectivity index is 1.50. The number of sulfonamides is 1. The summed E-state index contributed by atoms with van der Waals surface area (Å²) in [4.78, 5) is 9.51. The van der Waals surface area contributed by atoms with Gasteiger partial charge in [-0.2, -0.15) is 0 Å². The maximum absolute atomic E-state index is 12.3. The maximum Gasteiger partial charge on any atom is 0.257 e. The van der Waals surface area contributed by atoms with Crippen molar-refractivity contribution in [2.24, 2.45) is 5.92 Å². The molecule has 1 aliphatic heterocycles. The summed E-state index contributed by atoms with van der Waals surface area (Å²) in [7, 11) is -3.47. The molecule has 130 valence electrons. The summed E-state index contributed by atoms with van der Waals surface area (Å²) in [5, 5.41) is 0.177. The molecule has 0 aromatic carbocycles. The van der Waals surface area contributed by atoms with Crippen LogP contribution < -0.4 is 4.72 Å². The Bertz CT molecular complexity index is 607. The minimum atomic E-state index is -3.47. The number of hydrogen-bond acceptors (Lipinski definition) is 4. The Labute approximate surface area is 139 Å². The van der Waals surface area contributed by atoms with Crippen molar-refractivity contribution in [1.29, 1.82) is 0 Å². The van der Waals surface area contributed by atoms with Crippen molar-refractivity contribution >= 4 is 10.0 Å². The summed E-state index contributed by atoms with van der Waals surface area (Å²) in [5.74, 6) is 1.12. The molecule has 23 heavy (non-hydrogen) atoms. The molecule has 6 nitrogen and oxygen atoms in total. The van der Waals surface area contributed by atoms with Gasteiger partial charge in [0.05, 0.1) is 6.20 Å². The van der Waals surface area contributed by atoms with Gasteiger partial charge in [0.15, 0.2) is 5.03 Å². The molecule has 1 aliphatic carbocycles. The lowest BCUT2D eigenvalue weighted by Gasteiger charge is -2.31. The Hall–Kier alpha value is -0.920.